The lowest BCUT2D eigenvalue weighted by Gasteiger charge is -2.04. The minimum atomic E-state index is 0.438. The summed E-state index contributed by atoms with van der Waals surface area (Å²) in [6, 6.07) is 0. The van der Waals surface area contributed by atoms with Gasteiger partial charge in [0, 0.05) is 6.42 Å². The van der Waals surface area contributed by atoms with E-state index in [0.29, 0.717) is 10.2 Å². The summed E-state index contributed by atoms with van der Waals surface area (Å²) in [5, 5.41) is 0. The highest BCUT2D eigenvalue weighted by molar-refractivity contribution is 14.1. The maximum absolute atomic E-state index is 11.0. The lowest BCUT2D eigenvalue weighted by Crippen LogP contribution is -2.05. The molecule has 0 spiro atoms. The number of rotatable bonds is 3. The van der Waals surface area contributed by atoms with Gasteiger partial charge in [0.25, 0.3) is 0 Å². The predicted octanol–water partition coefficient (Wildman–Crippen LogP) is 2.57. The molecular formula is C8H13IO. The lowest BCUT2D eigenvalue weighted by atomic mass is 10.0. The van der Waals surface area contributed by atoms with Gasteiger partial charge in [-0.15, -0.1) is 0 Å². The maximum Gasteiger partial charge on any atom is 0.142 e. The summed E-state index contributed by atoms with van der Waals surface area (Å²) in [5.41, 5.74) is 0. The van der Waals surface area contributed by atoms with Crippen molar-refractivity contribution in [2.75, 3.05) is 4.43 Å². The Morgan fingerprint density at radius 3 is 2.50 bits per heavy atom. The Morgan fingerprint density at radius 2 is 2.00 bits per heavy atom. The molecule has 1 fully saturated rings. The van der Waals surface area contributed by atoms with Crippen LogP contribution in [-0.2, 0) is 4.79 Å². The minimum Gasteiger partial charge on any atom is -0.299 e. The van der Waals surface area contributed by atoms with E-state index in [9.17, 15) is 4.79 Å². The van der Waals surface area contributed by atoms with Crippen molar-refractivity contribution in [1.29, 1.82) is 0 Å². The zero-order valence-corrected chi connectivity index (χ0v) is 8.26. The molecule has 10 heavy (non-hydrogen) atoms. The molecule has 0 bridgehead atoms. The second-order valence-corrected chi connectivity index (χ2v) is 3.79. The summed E-state index contributed by atoms with van der Waals surface area (Å²) in [7, 11) is 0. The van der Waals surface area contributed by atoms with E-state index in [1.807, 2.05) is 0 Å². The monoisotopic (exact) mass is 252 g/mol. The van der Waals surface area contributed by atoms with E-state index in [2.05, 4.69) is 22.6 Å². The van der Waals surface area contributed by atoms with Crippen molar-refractivity contribution in [1.82, 2.24) is 0 Å². The van der Waals surface area contributed by atoms with Crippen LogP contribution in [0.3, 0.4) is 0 Å². The van der Waals surface area contributed by atoms with Crippen LogP contribution in [0.1, 0.15) is 32.1 Å². The molecule has 0 aliphatic heterocycles. The highest BCUT2D eigenvalue weighted by atomic mass is 127. The molecule has 0 aromatic rings. The number of Topliss-reactive ketones (excluding diaryl/α,β-unsaturated/α-hetero) is 1. The Balaban J connectivity index is 2.17. The first-order chi connectivity index (χ1) is 4.83. The molecule has 1 aliphatic rings. The van der Waals surface area contributed by atoms with Crippen molar-refractivity contribution in [3.63, 3.8) is 0 Å². The highest BCUT2D eigenvalue weighted by Gasteiger charge is 2.17. The van der Waals surface area contributed by atoms with E-state index in [0.717, 1.165) is 12.3 Å². The van der Waals surface area contributed by atoms with E-state index < -0.39 is 0 Å². The van der Waals surface area contributed by atoms with Crippen molar-refractivity contribution >= 4 is 28.4 Å². The fraction of sp³-hybridized carbons (Fsp3) is 0.875. The summed E-state index contributed by atoms with van der Waals surface area (Å²) in [4.78, 5) is 11.0. The number of carbonyl (C=O) groups excluding carboxylic acids is 1. The maximum atomic E-state index is 11.0. The average Bonchev–Trinajstić information content (AvgIpc) is 2.40. The van der Waals surface area contributed by atoms with Gasteiger partial charge in [0.05, 0.1) is 4.43 Å². The van der Waals surface area contributed by atoms with Gasteiger partial charge < -0.3 is 0 Å². The third kappa shape index (κ3) is 2.56. The normalized spacial score (nSPS) is 19.7. The molecule has 0 heterocycles. The number of hydrogen-bond acceptors (Lipinski definition) is 1. The average molecular weight is 252 g/mol. The number of ketones is 1. The zero-order chi connectivity index (χ0) is 7.40. The fourth-order valence-electron chi connectivity index (χ4n) is 1.59. The van der Waals surface area contributed by atoms with Gasteiger partial charge in [-0.25, -0.2) is 0 Å². The van der Waals surface area contributed by atoms with Crippen LogP contribution in [-0.4, -0.2) is 10.2 Å². The smallest absolute Gasteiger partial charge is 0.142 e. The Morgan fingerprint density at radius 1 is 1.40 bits per heavy atom. The van der Waals surface area contributed by atoms with E-state index in [1.54, 1.807) is 0 Å². The van der Waals surface area contributed by atoms with Gasteiger partial charge in [-0.3, -0.25) is 4.79 Å². The summed E-state index contributed by atoms with van der Waals surface area (Å²) in [6.07, 6.45) is 6.13. The molecule has 1 aliphatic carbocycles. The first-order valence-electron chi connectivity index (χ1n) is 3.90. The van der Waals surface area contributed by atoms with Crippen LogP contribution in [0.2, 0.25) is 0 Å². The van der Waals surface area contributed by atoms with Gasteiger partial charge in [0.15, 0.2) is 0 Å². The predicted molar refractivity (Wildman–Crippen MR) is 50.5 cm³/mol. The van der Waals surface area contributed by atoms with Crippen LogP contribution in [0, 0.1) is 5.92 Å². The second-order valence-electron chi connectivity index (χ2n) is 3.03. The SMILES string of the molecule is O=C(CI)CC1CCCC1. The van der Waals surface area contributed by atoms with Gasteiger partial charge in [-0.1, -0.05) is 48.3 Å². The summed E-state index contributed by atoms with van der Waals surface area (Å²) in [6.45, 7) is 0. The molecule has 0 aromatic heterocycles. The third-order valence-corrected chi connectivity index (χ3v) is 2.99. The molecule has 0 atom stereocenters. The molecule has 1 nitrogen and oxygen atoms in total. The molecule has 0 N–H and O–H groups in total. The molecule has 0 unspecified atom stereocenters. The van der Waals surface area contributed by atoms with Crippen LogP contribution in [0.5, 0.6) is 0 Å². The van der Waals surface area contributed by atoms with E-state index in [-0.39, 0.29) is 0 Å². The highest BCUT2D eigenvalue weighted by Crippen LogP contribution is 2.27. The molecule has 58 valence electrons. The molecular weight excluding hydrogens is 239 g/mol. The van der Waals surface area contributed by atoms with Crippen molar-refractivity contribution in [2.24, 2.45) is 5.92 Å². The molecule has 1 saturated carbocycles. The van der Waals surface area contributed by atoms with Gasteiger partial charge in [-0.05, 0) is 5.92 Å². The molecule has 0 aromatic carbocycles. The Hall–Kier alpha value is 0.400. The summed E-state index contributed by atoms with van der Waals surface area (Å²) < 4.78 is 0.703. The molecule has 1 rings (SSSR count). The van der Waals surface area contributed by atoms with Crippen molar-refractivity contribution in [2.45, 2.75) is 32.1 Å². The van der Waals surface area contributed by atoms with Crippen LogP contribution in [0.4, 0.5) is 0 Å². The Kier molecular flexibility index (Phi) is 3.66. The van der Waals surface area contributed by atoms with E-state index in [4.69, 9.17) is 0 Å². The standard InChI is InChI=1S/C8H13IO/c9-6-8(10)5-7-3-1-2-4-7/h7H,1-6H2. The molecule has 0 saturated heterocycles. The number of carbonyl (C=O) groups is 1. The summed E-state index contributed by atoms with van der Waals surface area (Å²) in [5.74, 6) is 1.18. The molecule has 0 radical (unpaired) electrons. The third-order valence-electron chi connectivity index (χ3n) is 2.14. The Labute approximate surface area is 75.7 Å². The molecule has 0 amide bonds. The first-order valence-corrected chi connectivity index (χ1v) is 5.43. The topological polar surface area (TPSA) is 17.1 Å². The van der Waals surface area contributed by atoms with Gasteiger partial charge in [0.1, 0.15) is 5.78 Å². The second kappa shape index (κ2) is 4.31. The van der Waals surface area contributed by atoms with Gasteiger partial charge in [-0.2, -0.15) is 0 Å². The minimum absolute atomic E-state index is 0.438. The number of alkyl halides is 1. The van der Waals surface area contributed by atoms with E-state index >= 15 is 0 Å². The summed E-state index contributed by atoms with van der Waals surface area (Å²) >= 11 is 2.15. The van der Waals surface area contributed by atoms with Crippen LogP contribution in [0.25, 0.3) is 0 Å². The van der Waals surface area contributed by atoms with Gasteiger partial charge in [0.2, 0.25) is 0 Å². The largest absolute Gasteiger partial charge is 0.299 e. The van der Waals surface area contributed by atoms with Crippen molar-refractivity contribution < 1.29 is 4.79 Å². The lowest BCUT2D eigenvalue weighted by molar-refractivity contribution is -0.117. The fourth-order valence-corrected chi connectivity index (χ4v) is 1.90. The zero-order valence-electron chi connectivity index (χ0n) is 6.11. The quantitative estimate of drug-likeness (QED) is 0.557. The number of halogens is 1. The van der Waals surface area contributed by atoms with Gasteiger partial charge >= 0.3 is 0 Å². The van der Waals surface area contributed by atoms with Crippen molar-refractivity contribution in [3.05, 3.63) is 0 Å². The van der Waals surface area contributed by atoms with Crippen molar-refractivity contribution in [3.8, 4) is 0 Å². The van der Waals surface area contributed by atoms with E-state index in [1.165, 1.54) is 25.7 Å². The molecule has 2 heteroatoms. The van der Waals surface area contributed by atoms with Crippen LogP contribution < -0.4 is 0 Å². The number of hydrogen-bond donors (Lipinski definition) is 0. The van der Waals surface area contributed by atoms with Crippen LogP contribution in [0.15, 0.2) is 0 Å². The van der Waals surface area contributed by atoms with Crippen LogP contribution >= 0.6 is 22.6 Å². The Bertz CT molecular complexity index is 116. The first kappa shape index (κ1) is 8.50.